The van der Waals surface area contributed by atoms with Crippen molar-refractivity contribution in [1.82, 2.24) is 6.15 Å². The molecule has 0 aliphatic rings. The van der Waals surface area contributed by atoms with Crippen molar-refractivity contribution in [2.45, 2.75) is 71.5 Å². The van der Waals surface area contributed by atoms with E-state index in [1.54, 1.807) is 6.92 Å². The SMILES string of the molecule is CCCCCCCCCc1ccccc1OC(C)O.N. The van der Waals surface area contributed by atoms with Gasteiger partial charge in [0.05, 0.1) is 0 Å². The predicted molar refractivity (Wildman–Crippen MR) is 85.5 cm³/mol. The minimum atomic E-state index is -0.741. The van der Waals surface area contributed by atoms with Gasteiger partial charge in [0.1, 0.15) is 5.75 Å². The molecule has 0 heterocycles. The molecule has 0 aliphatic carbocycles. The first-order valence-electron chi connectivity index (χ1n) is 7.66. The molecule has 0 saturated heterocycles. The molecule has 0 fully saturated rings. The number of aryl methyl sites for hydroxylation is 1. The zero-order valence-electron chi connectivity index (χ0n) is 13.1. The van der Waals surface area contributed by atoms with E-state index in [9.17, 15) is 5.11 Å². The van der Waals surface area contributed by atoms with Crippen LogP contribution in [0.5, 0.6) is 5.75 Å². The number of ether oxygens (including phenoxy) is 1. The van der Waals surface area contributed by atoms with Gasteiger partial charge < -0.3 is 16.0 Å². The summed E-state index contributed by atoms with van der Waals surface area (Å²) in [4.78, 5) is 0. The standard InChI is InChI=1S/C17H28O2.H3N/c1-3-4-5-6-7-8-9-12-16-13-10-11-14-17(16)19-15(2)18;/h10-11,13-15,18H,3-9,12H2,1-2H3;1H3. The number of hydrogen-bond acceptors (Lipinski definition) is 3. The summed E-state index contributed by atoms with van der Waals surface area (Å²) in [7, 11) is 0. The molecule has 1 unspecified atom stereocenters. The first-order valence-corrected chi connectivity index (χ1v) is 7.66. The average Bonchev–Trinajstić information content (AvgIpc) is 2.39. The number of aliphatic hydroxyl groups excluding tert-OH is 1. The van der Waals surface area contributed by atoms with E-state index in [2.05, 4.69) is 13.0 Å². The lowest BCUT2D eigenvalue weighted by molar-refractivity contribution is -0.00101. The van der Waals surface area contributed by atoms with E-state index in [0.29, 0.717) is 0 Å². The third-order valence-corrected chi connectivity index (χ3v) is 3.32. The number of hydrogen-bond donors (Lipinski definition) is 2. The molecule has 20 heavy (non-hydrogen) atoms. The first kappa shape index (κ1) is 18.9. The molecule has 0 aromatic heterocycles. The van der Waals surface area contributed by atoms with Crippen LogP contribution < -0.4 is 10.9 Å². The van der Waals surface area contributed by atoms with Crippen LogP contribution in [0.2, 0.25) is 0 Å². The molecule has 0 aliphatic heterocycles. The van der Waals surface area contributed by atoms with Gasteiger partial charge in [0.25, 0.3) is 0 Å². The van der Waals surface area contributed by atoms with Crippen molar-refractivity contribution >= 4 is 0 Å². The van der Waals surface area contributed by atoms with E-state index in [1.807, 2.05) is 18.2 Å². The molecule has 1 atom stereocenters. The lowest BCUT2D eigenvalue weighted by atomic mass is 10.0. The Kier molecular flexibility index (Phi) is 11.1. The molecule has 1 aromatic rings. The highest BCUT2D eigenvalue weighted by molar-refractivity contribution is 5.33. The second-order valence-corrected chi connectivity index (χ2v) is 5.20. The summed E-state index contributed by atoms with van der Waals surface area (Å²) >= 11 is 0. The van der Waals surface area contributed by atoms with Crippen LogP contribution in [0.4, 0.5) is 0 Å². The molecule has 116 valence electrons. The number of rotatable bonds is 10. The van der Waals surface area contributed by atoms with E-state index < -0.39 is 6.29 Å². The maximum atomic E-state index is 9.30. The van der Waals surface area contributed by atoms with Crippen LogP contribution in [-0.4, -0.2) is 11.4 Å². The van der Waals surface area contributed by atoms with Gasteiger partial charge in [-0.05, 0) is 31.4 Å². The Labute approximate surface area is 123 Å². The minimum absolute atomic E-state index is 0. The quantitative estimate of drug-likeness (QED) is 0.475. The summed E-state index contributed by atoms with van der Waals surface area (Å²) in [5, 5.41) is 9.30. The molecule has 0 radical (unpaired) electrons. The lowest BCUT2D eigenvalue weighted by Crippen LogP contribution is -2.10. The van der Waals surface area contributed by atoms with E-state index in [1.165, 1.54) is 50.5 Å². The summed E-state index contributed by atoms with van der Waals surface area (Å²) in [6, 6.07) is 8.01. The van der Waals surface area contributed by atoms with E-state index >= 15 is 0 Å². The molecule has 1 aromatic carbocycles. The Morgan fingerprint density at radius 3 is 2.25 bits per heavy atom. The molecular weight excluding hydrogens is 250 g/mol. The van der Waals surface area contributed by atoms with Gasteiger partial charge in [0.2, 0.25) is 0 Å². The van der Waals surface area contributed by atoms with Gasteiger partial charge in [-0.3, -0.25) is 0 Å². The van der Waals surface area contributed by atoms with Gasteiger partial charge in [-0.1, -0.05) is 63.6 Å². The molecule has 0 bridgehead atoms. The fourth-order valence-corrected chi connectivity index (χ4v) is 2.28. The monoisotopic (exact) mass is 281 g/mol. The number of benzene rings is 1. The molecular formula is C17H31NO2. The van der Waals surface area contributed by atoms with E-state index in [-0.39, 0.29) is 6.15 Å². The van der Waals surface area contributed by atoms with Crippen LogP contribution in [0.1, 0.15) is 64.4 Å². The lowest BCUT2D eigenvalue weighted by Gasteiger charge is -2.13. The summed E-state index contributed by atoms with van der Waals surface area (Å²) in [5.74, 6) is 0.823. The Bertz CT molecular complexity index is 340. The van der Waals surface area contributed by atoms with E-state index in [0.717, 1.165) is 12.2 Å². The Hall–Kier alpha value is -1.06. The van der Waals surface area contributed by atoms with Gasteiger partial charge >= 0.3 is 0 Å². The molecule has 0 amide bonds. The van der Waals surface area contributed by atoms with Crippen molar-refractivity contribution in [2.75, 3.05) is 0 Å². The second kappa shape index (κ2) is 11.7. The third kappa shape index (κ3) is 8.18. The first-order chi connectivity index (χ1) is 9.24. The fraction of sp³-hybridized carbons (Fsp3) is 0.647. The number of unbranched alkanes of at least 4 members (excludes halogenated alkanes) is 6. The van der Waals surface area contributed by atoms with Crippen molar-refractivity contribution in [3.63, 3.8) is 0 Å². The topological polar surface area (TPSA) is 64.5 Å². The van der Waals surface area contributed by atoms with Crippen LogP contribution >= 0.6 is 0 Å². The summed E-state index contributed by atoms with van der Waals surface area (Å²) in [5.41, 5.74) is 1.21. The van der Waals surface area contributed by atoms with Crippen LogP contribution in [0.15, 0.2) is 24.3 Å². The van der Waals surface area contributed by atoms with Crippen molar-refractivity contribution < 1.29 is 9.84 Å². The van der Waals surface area contributed by atoms with Gasteiger partial charge in [-0.25, -0.2) is 0 Å². The van der Waals surface area contributed by atoms with Crippen molar-refractivity contribution in [2.24, 2.45) is 0 Å². The van der Waals surface area contributed by atoms with Crippen LogP contribution in [-0.2, 0) is 6.42 Å². The zero-order chi connectivity index (χ0) is 13.9. The molecule has 0 saturated carbocycles. The summed E-state index contributed by atoms with van der Waals surface area (Å²) < 4.78 is 5.41. The average molecular weight is 281 g/mol. The smallest absolute Gasteiger partial charge is 0.194 e. The third-order valence-electron chi connectivity index (χ3n) is 3.32. The summed E-state index contributed by atoms with van der Waals surface area (Å²) in [6.45, 7) is 3.89. The normalized spacial score (nSPS) is 11.8. The van der Waals surface area contributed by atoms with Crippen molar-refractivity contribution in [1.29, 1.82) is 0 Å². The van der Waals surface area contributed by atoms with Crippen LogP contribution in [0, 0.1) is 0 Å². The zero-order valence-corrected chi connectivity index (χ0v) is 13.1. The van der Waals surface area contributed by atoms with Crippen molar-refractivity contribution in [3.05, 3.63) is 29.8 Å². The highest BCUT2D eigenvalue weighted by Gasteiger charge is 2.05. The van der Waals surface area contributed by atoms with Crippen LogP contribution in [0.3, 0.4) is 0 Å². The minimum Gasteiger partial charge on any atom is -0.465 e. The molecule has 3 heteroatoms. The highest BCUT2D eigenvalue weighted by Crippen LogP contribution is 2.21. The van der Waals surface area contributed by atoms with Gasteiger partial charge in [0.15, 0.2) is 6.29 Å². The molecule has 3 nitrogen and oxygen atoms in total. The molecule has 4 N–H and O–H groups in total. The van der Waals surface area contributed by atoms with Gasteiger partial charge in [0, 0.05) is 0 Å². The van der Waals surface area contributed by atoms with E-state index in [4.69, 9.17) is 4.74 Å². The van der Waals surface area contributed by atoms with Gasteiger partial charge in [-0.2, -0.15) is 0 Å². The largest absolute Gasteiger partial charge is 0.465 e. The Morgan fingerprint density at radius 1 is 1.00 bits per heavy atom. The van der Waals surface area contributed by atoms with Gasteiger partial charge in [-0.15, -0.1) is 0 Å². The Morgan fingerprint density at radius 2 is 1.60 bits per heavy atom. The molecule has 1 rings (SSSR count). The second-order valence-electron chi connectivity index (χ2n) is 5.20. The predicted octanol–water partition coefficient (Wildman–Crippen LogP) is 4.86. The van der Waals surface area contributed by atoms with Crippen molar-refractivity contribution in [3.8, 4) is 5.75 Å². The maximum absolute atomic E-state index is 9.30. The maximum Gasteiger partial charge on any atom is 0.194 e. The van der Waals surface area contributed by atoms with Crippen LogP contribution in [0.25, 0.3) is 0 Å². The number of aliphatic hydroxyl groups is 1. The Balaban J connectivity index is 0.00000361. The molecule has 0 spiro atoms. The summed E-state index contributed by atoms with van der Waals surface area (Å²) in [6.07, 6.45) is 9.53. The number of para-hydroxylation sites is 1. The highest BCUT2D eigenvalue weighted by atomic mass is 16.6. The fourth-order valence-electron chi connectivity index (χ4n) is 2.28.